The second kappa shape index (κ2) is 8.20. The number of ether oxygens (including phenoxy) is 2. The number of carbonyl (C=O) groups is 2. The number of rotatable bonds is 6. The molecule has 0 N–H and O–H groups in total. The Bertz CT molecular complexity index is 804. The highest BCUT2D eigenvalue weighted by Gasteiger charge is 2.39. The number of amides is 1. The molecule has 1 heterocycles. The maximum Gasteiger partial charge on any atom is 0.328 e. The van der Waals surface area contributed by atoms with E-state index < -0.39 is 6.04 Å². The Morgan fingerprint density at radius 1 is 1.19 bits per heavy atom. The predicted molar refractivity (Wildman–Crippen MR) is 97.5 cm³/mol. The Morgan fingerprint density at radius 2 is 1.85 bits per heavy atom. The van der Waals surface area contributed by atoms with Crippen molar-refractivity contribution in [3.05, 3.63) is 65.5 Å². The monoisotopic (exact) mass is 371 g/mol. The number of methoxy groups -OCH3 is 1. The normalized spacial score (nSPS) is 17.7. The molecule has 142 valence electrons. The lowest BCUT2D eigenvalue weighted by Gasteiger charge is -2.29. The lowest BCUT2D eigenvalue weighted by atomic mass is 10.1. The molecule has 1 saturated heterocycles. The number of esters is 1. The van der Waals surface area contributed by atoms with E-state index in [-0.39, 0.29) is 23.7 Å². The molecule has 1 aliphatic heterocycles. The molecule has 1 fully saturated rings. The van der Waals surface area contributed by atoms with Gasteiger partial charge < -0.3 is 14.4 Å². The first-order valence-corrected chi connectivity index (χ1v) is 8.86. The van der Waals surface area contributed by atoms with E-state index in [1.807, 2.05) is 31.2 Å². The van der Waals surface area contributed by atoms with E-state index in [0.717, 1.165) is 11.1 Å². The van der Waals surface area contributed by atoms with Gasteiger partial charge in [0, 0.05) is 6.42 Å². The van der Waals surface area contributed by atoms with Crippen molar-refractivity contribution in [1.82, 2.24) is 4.90 Å². The SMILES string of the molecule is COC(=O)C1CCC(=O)N1C(C)c1ccc(OCc2ccc(F)cc2)cc1. The van der Waals surface area contributed by atoms with Crippen LogP contribution in [0.3, 0.4) is 0 Å². The number of likely N-dealkylation sites (tertiary alicyclic amines) is 1. The molecule has 0 aromatic heterocycles. The molecule has 0 bridgehead atoms. The molecule has 0 spiro atoms. The summed E-state index contributed by atoms with van der Waals surface area (Å²) in [5.41, 5.74) is 1.78. The van der Waals surface area contributed by atoms with Gasteiger partial charge in [-0.05, 0) is 48.7 Å². The highest BCUT2D eigenvalue weighted by Crippen LogP contribution is 2.31. The second-order valence-electron chi connectivity index (χ2n) is 6.54. The van der Waals surface area contributed by atoms with Crippen LogP contribution in [0.25, 0.3) is 0 Å². The zero-order valence-electron chi connectivity index (χ0n) is 15.4. The topological polar surface area (TPSA) is 55.8 Å². The highest BCUT2D eigenvalue weighted by molar-refractivity contribution is 5.88. The van der Waals surface area contributed by atoms with Crippen LogP contribution in [0.15, 0.2) is 48.5 Å². The standard InChI is InChI=1S/C21H22FNO4/c1-14(23-19(21(25)26-2)11-12-20(23)24)16-5-9-18(10-6-16)27-13-15-3-7-17(22)8-4-15/h3-10,14,19H,11-13H2,1-2H3. The number of carbonyl (C=O) groups excluding carboxylic acids is 2. The molecule has 5 nitrogen and oxygen atoms in total. The molecule has 2 aromatic carbocycles. The van der Waals surface area contributed by atoms with Gasteiger partial charge in [-0.1, -0.05) is 24.3 Å². The van der Waals surface area contributed by atoms with Crippen LogP contribution < -0.4 is 4.74 Å². The first-order chi connectivity index (χ1) is 13.0. The molecule has 2 unspecified atom stereocenters. The summed E-state index contributed by atoms with van der Waals surface area (Å²) >= 11 is 0. The fourth-order valence-electron chi connectivity index (χ4n) is 3.31. The van der Waals surface area contributed by atoms with E-state index in [0.29, 0.717) is 25.2 Å². The molecule has 1 aliphatic rings. The van der Waals surface area contributed by atoms with Crippen LogP contribution in [0.5, 0.6) is 5.75 Å². The Hall–Kier alpha value is -2.89. The van der Waals surface area contributed by atoms with Gasteiger partial charge in [0.1, 0.15) is 24.2 Å². The van der Waals surface area contributed by atoms with Gasteiger partial charge in [0.15, 0.2) is 0 Å². The van der Waals surface area contributed by atoms with E-state index in [1.54, 1.807) is 17.0 Å². The van der Waals surface area contributed by atoms with Crippen LogP contribution in [-0.4, -0.2) is 29.9 Å². The zero-order chi connectivity index (χ0) is 19.4. The Kier molecular flexibility index (Phi) is 5.74. The van der Waals surface area contributed by atoms with Crippen molar-refractivity contribution in [3.63, 3.8) is 0 Å². The maximum atomic E-state index is 12.9. The number of benzene rings is 2. The molecule has 3 rings (SSSR count). The minimum Gasteiger partial charge on any atom is -0.489 e. The third-order valence-corrected chi connectivity index (χ3v) is 4.83. The summed E-state index contributed by atoms with van der Waals surface area (Å²) in [7, 11) is 1.33. The summed E-state index contributed by atoms with van der Waals surface area (Å²) < 4.78 is 23.5. The molecule has 2 aromatic rings. The van der Waals surface area contributed by atoms with Crippen LogP contribution >= 0.6 is 0 Å². The molecular weight excluding hydrogens is 349 g/mol. The Morgan fingerprint density at radius 3 is 2.48 bits per heavy atom. The van der Waals surface area contributed by atoms with E-state index in [4.69, 9.17) is 9.47 Å². The minimum absolute atomic E-state index is 0.0467. The smallest absolute Gasteiger partial charge is 0.328 e. The van der Waals surface area contributed by atoms with Crippen LogP contribution in [0, 0.1) is 5.82 Å². The van der Waals surface area contributed by atoms with Gasteiger partial charge in [-0.25, -0.2) is 9.18 Å². The lowest BCUT2D eigenvalue weighted by Crippen LogP contribution is -2.40. The number of hydrogen-bond acceptors (Lipinski definition) is 4. The Labute approximate surface area is 157 Å². The van der Waals surface area contributed by atoms with Crippen molar-refractivity contribution in [2.75, 3.05) is 7.11 Å². The van der Waals surface area contributed by atoms with Crippen molar-refractivity contribution in [2.24, 2.45) is 0 Å². The average molecular weight is 371 g/mol. The molecule has 27 heavy (non-hydrogen) atoms. The predicted octanol–water partition coefficient (Wildman–Crippen LogP) is 3.63. The van der Waals surface area contributed by atoms with E-state index in [1.165, 1.54) is 19.2 Å². The lowest BCUT2D eigenvalue weighted by molar-refractivity contribution is -0.150. The fraction of sp³-hybridized carbons (Fsp3) is 0.333. The van der Waals surface area contributed by atoms with Gasteiger partial charge in [-0.3, -0.25) is 4.79 Å². The number of nitrogens with zero attached hydrogens (tertiary/aromatic N) is 1. The van der Waals surface area contributed by atoms with Crippen LogP contribution in [0.2, 0.25) is 0 Å². The molecule has 0 aliphatic carbocycles. The first kappa shape index (κ1) is 18.9. The van der Waals surface area contributed by atoms with Gasteiger partial charge >= 0.3 is 5.97 Å². The quantitative estimate of drug-likeness (QED) is 0.728. The molecule has 0 saturated carbocycles. The zero-order valence-corrected chi connectivity index (χ0v) is 15.4. The van der Waals surface area contributed by atoms with Gasteiger partial charge in [-0.2, -0.15) is 0 Å². The Balaban J connectivity index is 1.66. The largest absolute Gasteiger partial charge is 0.489 e. The summed E-state index contributed by atoms with van der Waals surface area (Å²) in [6.45, 7) is 2.23. The highest BCUT2D eigenvalue weighted by atomic mass is 19.1. The van der Waals surface area contributed by atoms with Crippen molar-refractivity contribution in [1.29, 1.82) is 0 Å². The van der Waals surface area contributed by atoms with Crippen LogP contribution in [0.4, 0.5) is 4.39 Å². The van der Waals surface area contributed by atoms with E-state index in [9.17, 15) is 14.0 Å². The van der Waals surface area contributed by atoms with Crippen LogP contribution in [-0.2, 0) is 20.9 Å². The van der Waals surface area contributed by atoms with Crippen molar-refractivity contribution < 1.29 is 23.5 Å². The molecule has 0 radical (unpaired) electrons. The summed E-state index contributed by atoms with van der Waals surface area (Å²) in [6.07, 6.45) is 0.831. The van der Waals surface area contributed by atoms with Gasteiger partial charge in [0.25, 0.3) is 0 Å². The van der Waals surface area contributed by atoms with E-state index in [2.05, 4.69) is 0 Å². The van der Waals surface area contributed by atoms with Gasteiger partial charge in [0.05, 0.1) is 13.2 Å². The maximum absolute atomic E-state index is 12.9. The van der Waals surface area contributed by atoms with Crippen molar-refractivity contribution >= 4 is 11.9 Å². The average Bonchev–Trinajstić information content (AvgIpc) is 3.08. The molecule has 1 amide bonds. The number of hydrogen-bond donors (Lipinski definition) is 0. The summed E-state index contributed by atoms with van der Waals surface area (Å²) in [4.78, 5) is 25.8. The fourth-order valence-corrected chi connectivity index (χ4v) is 3.31. The van der Waals surface area contributed by atoms with Crippen molar-refractivity contribution in [2.45, 2.75) is 38.5 Å². The molecular formula is C21H22FNO4. The van der Waals surface area contributed by atoms with E-state index >= 15 is 0 Å². The summed E-state index contributed by atoms with van der Waals surface area (Å²) in [6, 6.07) is 12.8. The third-order valence-electron chi connectivity index (χ3n) is 4.83. The van der Waals surface area contributed by atoms with Gasteiger partial charge in [-0.15, -0.1) is 0 Å². The minimum atomic E-state index is -0.535. The van der Waals surface area contributed by atoms with Crippen molar-refractivity contribution in [3.8, 4) is 5.75 Å². The molecule has 6 heteroatoms. The molecule has 2 atom stereocenters. The second-order valence-corrected chi connectivity index (χ2v) is 6.54. The summed E-state index contributed by atoms with van der Waals surface area (Å²) in [5, 5.41) is 0. The van der Waals surface area contributed by atoms with Gasteiger partial charge in [0.2, 0.25) is 5.91 Å². The third kappa shape index (κ3) is 4.27. The number of halogens is 1. The van der Waals surface area contributed by atoms with Crippen LogP contribution in [0.1, 0.15) is 36.9 Å². The first-order valence-electron chi connectivity index (χ1n) is 8.86. The summed E-state index contributed by atoms with van der Waals surface area (Å²) in [5.74, 6) is -0.0344.